The van der Waals surface area contributed by atoms with Crippen molar-refractivity contribution in [3.8, 4) is 0 Å². The number of rotatable bonds is 4. The Morgan fingerprint density at radius 1 is 1.35 bits per heavy atom. The Morgan fingerprint density at radius 3 is 2.65 bits per heavy atom. The first-order valence-electron chi connectivity index (χ1n) is 6.83. The summed E-state index contributed by atoms with van der Waals surface area (Å²) in [5.41, 5.74) is 0.0248. The van der Waals surface area contributed by atoms with E-state index in [0.29, 0.717) is 13.0 Å². The summed E-state index contributed by atoms with van der Waals surface area (Å²) in [6.07, 6.45) is 6.50. The molecule has 0 spiro atoms. The fraction of sp³-hybridized carbons (Fsp3) is 0.929. The fourth-order valence-electron chi connectivity index (χ4n) is 2.83. The molecule has 0 aliphatic heterocycles. The minimum absolute atomic E-state index is 0.0248. The highest BCUT2D eigenvalue weighted by Crippen LogP contribution is 2.36. The molecule has 17 heavy (non-hydrogen) atoms. The lowest BCUT2D eigenvalue weighted by molar-refractivity contribution is -0.146. The second-order valence-corrected chi connectivity index (χ2v) is 5.64. The molecule has 0 radical (unpaired) electrons. The zero-order valence-corrected chi connectivity index (χ0v) is 11.8. The molecule has 2 unspecified atom stereocenters. The first kappa shape index (κ1) is 14.5. The van der Waals surface area contributed by atoms with E-state index in [9.17, 15) is 4.79 Å². The van der Waals surface area contributed by atoms with Crippen LogP contribution in [-0.2, 0) is 9.53 Å². The van der Waals surface area contributed by atoms with E-state index in [4.69, 9.17) is 4.74 Å². The highest BCUT2D eigenvalue weighted by molar-refractivity contribution is 5.70. The molecule has 1 aliphatic carbocycles. The molecule has 0 aromatic heterocycles. The molecule has 0 aromatic rings. The minimum Gasteiger partial charge on any atom is -0.466 e. The van der Waals surface area contributed by atoms with Crippen molar-refractivity contribution >= 4 is 5.97 Å². The van der Waals surface area contributed by atoms with Crippen LogP contribution in [0.4, 0.5) is 0 Å². The average Bonchev–Trinajstić information content (AvgIpc) is 2.42. The first-order chi connectivity index (χ1) is 8.00. The molecule has 100 valence electrons. The van der Waals surface area contributed by atoms with Gasteiger partial charge in [0.1, 0.15) is 0 Å². The Labute approximate surface area is 106 Å². The van der Waals surface area contributed by atoms with Crippen LogP contribution in [-0.4, -0.2) is 37.1 Å². The molecular weight excluding hydrogens is 214 g/mol. The smallest absolute Gasteiger partial charge is 0.307 e. The molecule has 0 N–H and O–H groups in total. The zero-order chi connectivity index (χ0) is 12.9. The van der Waals surface area contributed by atoms with Gasteiger partial charge in [0.25, 0.3) is 0 Å². The molecule has 2 atom stereocenters. The quantitative estimate of drug-likeness (QED) is 0.560. The second kappa shape index (κ2) is 6.39. The highest BCUT2D eigenvalue weighted by atomic mass is 16.5. The minimum atomic E-state index is -0.0456. The largest absolute Gasteiger partial charge is 0.466 e. The molecule has 1 fully saturated rings. The van der Waals surface area contributed by atoms with Gasteiger partial charge in [-0.15, -0.1) is 0 Å². The van der Waals surface area contributed by atoms with Crippen LogP contribution in [0.25, 0.3) is 0 Å². The lowest BCUT2D eigenvalue weighted by Crippen LogP contribution is -2.46. The van der Waals surface area contributed by atoms with E-state index < -0.39 is 0 Å². The van der Waals surface area contributed by atoms with E-state index >= 15 is 0 Å². The Kier molecular flexibility index (Phi) is 5.44. The zero-order valence-electron chi connectivity index (χ0n) is 11.8. The van der Waals surface area contributed by atoms with Crippen LogP contribution in [0.15, 0.2) is 0 Å². The van der Waals surface area contributed by atoms with Crippen LogP contribution in [0.1, 0.15) is 52.4 Å². The van der Waals surface area contributed by atoms with Crippen molar-refractivity contribution in [1.29, 1.82) is 0 Å². The second-order valence-electron chi connectivity index (χ2n) is 5.64. The van der Waals surface area contributed by atoms with Gasteiger partial charge >= 0.3 is 5.97 Å². The lowest BCUT2D eigenvalue weighted by atomic mass is 9.85. The molecule has 0 aromatic carbocycles. The summed E-state index contributed by atoms with van der Waals surface area (Å²) in [5, 5.41) is 0. The Morgan fingerprint density at radius 2 is 2.06 bits per heavy atom. The summed E-state index contributed by atoms with van der Waals surface area (Å²) in [4.78, 5) is 14.0. The maximum atomic E-state index is 11.8. The van der Waals surface area contributed by atoms with Crippen LogP contribution in [0.5, 0.6) is 0 Å². The van der Waals surface area contributed by atoms with Crippen molar-refractivity contribution in [2.45, 2.75) is 57.9 Å². The molecule has 3 heteroatoms. The number of nitrogens with zero attached hydrogens (tertiary/aromatic N) is 1. The topological polar surface area (TPSA) is 29.5 Å². The van der Waals surface area contributed by atoms with Gasteiger partial charge in [-0.2, -0.15) is 0 Å². The molecular formula is C14H27NO2. The lowest BCUT2D eigenvalue weighted by Gasteiger charge is -2.38. The van der Waals surface area contributed by atoms with Crippen LogP contribution >= 0.6 is 0 Å². The van der Waals surface area contributed by atoms with Crippen molar-refractivity contribution in [2.24, 2.45) is 5.92 Å². The number of esters is 1. The third-order valence-electron chi connectivity index (χ3n) is 4.17. The van der Waals surface area contributed by atoms with Crippen molar-refractivity contribution in [1.82, 2.24) is 4.90 Å². The maximum Gasteiger partial charge on any atom is 0.307 e. The van der Waals surface area contributed by atoms with Gasteiger partial charge in [0.15, 0.2) is 0 Å². The van der Waals surface area contributed by atoms with Crippen molar-refractivity contribution < 1.29 is 9.53 Å². The van der Waals surface area contributed by atoms with Gasteiger partial charge in [-0.05, 0) is 46.2 Å². The molecule has 1 saturated carbocycles. The summed E-state index contributed by atoms with van der Waals surface area (Å²) in [6, 6.07) is 0. The summed E-state index contributed by atoms with van der Waals surface area (Å²) in [7, 11) is 4.18. The average molecular weight is 241 g/mol. The van der Waals surface area contributed by atoms with E-state index in [1.54, 1.807) is 0 Å². The predicted molar refractivity (Wildman–Crippen MR) is 69.9 cm³/mol. The van der Waals surface area contributed by atoms with E-state index in [1.807, 2.05) is 6.92 Å². The van der Waals surface area contributed by atoms with Gasteiger partial charge in [0, 0.05) is 5.54 Å². The SMILES string of the molecule is CCOC(=O)CC1(N(C)C)CCCC(C)CC1. The summed E-state index contributed by atoms with van der Waals surface area (Å²) in [6.45, 7) is 4.67. The van der Waals surface area contributed by atoms with E-state index in [1.165, 1.54) is 19.3 Å². The van der Waals surface area contributed by atoms with Crippen molar-refractivity contribution in [3.63, 3.8) is 0 Å². The van der Waals surface area contributed by atoms with Crippen molar-refractivity contribution in [2.75, 3.05) is 20.7 Å². The number of hydrogen-bond donors (Lipinski definition) is 0. The van der Waals surface area contributed by atoms with Gasteiger partial charge in [0.2, 0.25) is 0 Å². The third kappa shape index (κ3) is 3.98. The van der Waals surface area contributed by atoms with Gasteiger partial charge < -0.3 is 9.64 Å². The summed E-state index contributed by atoms with van der Waals surface area (Å²) < 4.78 is 5.12. The number of carbonyl (C=O) groups is 1. The predicted octanol–water partition coefficient (Wildman–Crippen LogP) is 2.84. The summed E-state index contributed by atoms with van der Waals surface area (Å²) >= 11 is 0. The Hall–Kier alpha value is -0.570. The molecule has 0 bridgehead atoms. The van der Waals surface area contributed by atoms with Gasteiger partial charge in [-0.25, -0.2) is 0 Å². The van der Waals surface area contributed by atoms with E-state index in [-0.39, 0.29) is 11.5 Å². The van der Waals surface area contributed by atoms with E-state index in [0.717, 1.165) is 18.8 Å². The van der Waals surface area contributed by atoms with Gasteiger partial charge in [-0.1, -0.05) is 19.8 Å². The van der Waals surface area contributed by atoms with Crippen LogP contribution < -0.4 is 0 Å². The number of carbonyl (C=O) groups excluding carboxylic acids is 1. The Bertz CT molecular complexity index is 253. The molecule has 1 rings (SSSR count). The molecule has 1 aliphatic rings. The molecule has 0 saturated heterocycles. The Balaban J connectivity index is 2.70. The van der Waals surface area contributed by atoms with Gasteiger partial charge in [0.05, 0.1) is 13.0 Å². The first-order valence-corrected chi connectivity index (χ1v) is 6.83. The summed E-state index contributed by atoms with van der Waals surface area (Å²) in [5.74, 6) is 0.745. The van der Waals surface area contributed by atoms with Crippen LogP contribution in [0.2, 0.25) is 0 Å². The normalized spacial score (nSPS) is 30.1. The maximum absolute atomic E-state index is 11.8. The van der Waals surface area contributed by atoms with E-state index in [2.05, 4.69) is 25.9 Å². The van der Waals surface area contributed by atoms with Crippen molar-refractivity contribution in [3.05, 3.63) is 0 Å². The highest BCUT2D eigenvalue weighted by Gasteiger charge is 2.36. The fourth-order valence-corrected chi connectivity index (χ4v) is 2.83. The molecule has 3 nitrogen and oxygen atoms in total. The van der Waals surface area contributed by atoms with Gasteiger partial charge in [-0.3, -0.25) is 4.79 Å². The standard InChI is InChI=1S/C14H27NO2/c1-5-17-13(16)11-14(15(3)4)9-6-7-12(2)8-10-14/h12H,5-11H2,1-4H3. The number of ether oxygens (including phenoxy) is 1. The number of hydrogen-bond acceptors (Lipinski definition) is 3. The van der Waals surface area contributed by atoms with Crippen LogP contribution in [0.3, 0.4) is 0 Å². The third-order valence-corrected chi connectivity index (χ3v) is 4.17. The molecule has 0 heterocycles. The van der Waals surface area contributed by atoms with Crippen LogP contribution in [0, 0.1) is 5.92 Å². The molecule has 0 amide bonds. The monoisotopic (exact) mass is 241 g/mol.